The minimum Gasteiger partial charge on any atom is -0.493 e. The first kappa shape index (κ1) is 22.6. The molecule has 0 unspecified atom stereocenters. The number of hydrogen-bond donors (Lipinski definition) is 1. The van der Waals surface area contributed by atoms with Gasteiger partial charge in [0.2, 0.25) is 5.91 Å². The van der Waals surface area contributed by atoms with Crippen molar-refractivity contribution >= 4 is 29.1 Å². The first-order valence-corrected chi connectivity index (χ1v) is 9.67. The number of anilines is 1. The van der Waals surface area contributed by atoms with Gasteiger partial charge in [-0.05, 0) is 51.0 Å². The Labute approximate surface area is 176 Å². The van der Waals surface area contributed by atoms with Crippen molar-refractivity contribution in [2.75, 3.05) is 26.0 Å². The Bertz CT molecular complexity index is 892. The summed E-state index contributed by atoms with van der Waals surface area (Å²) in [4.78, 5) is 26.6. The second-order valence-electron chi connectivity index (χ2n) is 7.13. The molecule has 0 saturated heterocycles. The first-order valence-electron chi connectivity index (χ1n) is 9.29. The topological polar surface area (TPSA) is 67.9 Å². The van der Waals surface area contributed by atoms with Gasteiger partial charge in [-0.15, -0.1) is 0 Å². The molecule has 6 nitrogen and oxygen atoms in total. The van der Waals surface area contributed by atoms with Crippen LogP contribution in [0.2, 0.25) is 5.02 Å². The second kappa shape index (κ2) is 9.65. The molecule has 0 radical (unpaired) electrons. The number of rotatable bonds is 7. The Morgan fingerprint density at radius 3 is 2.34 bits per heavy atom. The summed E-state index contributed by atoms with van der Waals surface area (Å²) in [6.07, 6.45) is -0.0979. The normalized spacial score (nSPS) is 10.6. The maximum absolute atomic E-state index is 12.8. The lowest BCUT2D eigenvalue weighted by Crippen LogP contribution is -2.35. The van der Waals surface area contributed by atoms with Crippen molar-refractivity contribution in [3.05, 3.63) is 52.0 Å². The van der Waals surface area contributed by atoms with E-state index in [9.17, 15) is 9.59 Å². The second-order valence-corrected chi connectivity index (χ2v) is 7.54. The Morgan fingerprint density at radius 2 is 1.79 bits per heavy atom. The van der Waals surface area contributed by atoms with E-state index < -0.39 is 0 Å². The van der Waals surface area contributed by atoms with Crippen LogP contribution in [0.25, 0.3) is 0 Å². The van der Waals surface area contributed by atoms with Crippen LogP contribution in [0, 0.1) is 13.8 Å². The fraction of sp³-hybridized carbons (Fsp3) is 0.364. The van der Waals surface area contributed by atoms with Crippen molar-refractivity contribution in [2.24, 2.45) is 0 Å². The van der Waals surface area contributed by atoms with E-state index in [-0.39, 0.29) is 29.5 Å². The summed E-state index contributed by atoms with van der Waals surface area (Å²) < 4.78 is 11.0. The van der Waals surface area contributed by atoms with Gasteiger partial charge in [0.05, 0.1) is 24.8 Å². The highest BCUT2D eigenvalue weighted by Gasteiger charge is 2.21. The molecule has 0 fully saturated rings. The first-order chi connectivity index (χ1) is 13.6. The van der Waals surface area contributed by atoms with Crippen molar-refractivity contribution < 1.29 is 19.1 Å². The van der Waals surface area contributed by atoms with Gasteiger partial charge in [0, 0.05) is 18.3 Å². The molecule has 0 aliphatic rings. The smallest absolute Gasteiger partial charge is 0.254 e. The summed E-state index contributed by atoms with van der Waals surface area (Å²) in [5.41, 5.74) is 3.00. The number of aryl methyl sites for hydroxylation is 2. The number of methoxy groups -OCH3 is 1. The lowest BCUT2D eigenvalue weighted by atomic mass is 10.1. The Balaban J connectivity index is 2.15. The van der Waals surface area contributed by atoms with E-state index in [0.29, 0.717) is 17.1 Å². The van der Waals surface area contributed by atoms with Gasteiger partial charge in [0.25, 0.3) is 5.91 Å². The van der Waals surface area contributed by atoms with Gasteiger partial charge in [-0.3, -0.25) is 9.59 Å². The summed E-state index contributed by atoms with van der Waals surface area (Å²) in [5, 5.41) is 3.15. The third kappa shape index (κ3) is 5.64. The molecule has 0 aromatic heterocycles. The number of hydrogen-bond acceptors (Lipinski definition) is 4. The highest BCUT2D eigenvalue weighted by Crippen LogP contribution is 2.37. The molecule has 0 bridgehead atoms. The Morgan fingerprint density at radius 1 is 1.17 bits per heavy atom. The number of carbonyl (C=O) groups is 2. The van der Waals surface area contributed by atoms with E-state index >= 15 is 0 Å². The summed E-state index contributed by atoms with van der Waals surface area (Å²) >= 11 is 6.30. The maximum atomic E-state index is 12.8. The van der Waals surface area contributed by atoms with E-state index in [1.165, 1.54) is 18.1 Å². The van der Waals surface area contributed by atoms with Gasteiger partial charge < -0.3 is 19.7 Å². The van der Waals surface area contributed by atoms with Crippen molar-refractivity contribution in [1.29, 1.82) is 0 Å². The molecule has 156 valence electrons. The van der Waals surface area contributed by atoms with Crippen LogP contribution < -0.4 is 14.8 Å². The van der Waals surface area contributed by atoms with E-state index in [0.717, 1.165) is 16.8 Å². The molecule has 0 aliphatic heterocycles. The van der Waals surface area contributed by atoms with Crippen LogP contribution in [-0.2, 0) is 4.79 Å². The van der Waals surface area contributed by atoms with E-state index in [1.54, 1.807) is 13.1 Å². The number of halogens is 1. The number of amides is 2. The molecule has 2 amide bonds. The van der Waals surface area contributed by atoms with Crippen LogP contribution in [0.1, 0.15) is 35.3 Å². The van der Waals surface area contributed by atoms with Gasteiger partial charge >= 0.3 is 0 Å². The Hall–Kier alpha value is -2.73. The molecule has 2 aromatic rings. The number of carbonyl (C=O) groups excluding carboxylic acids is 2. The largest absolute Gasteiger partial charge is 0.493 e. The monoisotopic (exact) mass is 418 g/mol. The average molecular weight is 419 g/mol. The minimum absolute atomic E-state index is 0.0979. The van der Waals surface area contributed by atoms with Crippen LogP contribution in [0.5, 0.6) is 11.5 Å². The third-order valence-corrected chi connectivity index (χ3v) is 4.58. The van der Waals surface area contributed by atoms with Gasteiger partial charge in [-0.25, -0.2) is 0 Å². The van der Waals surface area contributed by atoms with Crippen molar-refractivity contribution in [2.45, 2.75) is 33.8 Å². The fourth-order valence-corrected chi connectivity index (χ4v) is 3.15. The lowest BCUT2D eigenvalue weighted by Gasteiger charge is -2.20. The van der Waals surface area contributed by atoms with E-state index in [4.69, 9.17) is 21.1 Å². The van der Waals surface area contributed by atoms with Gasteiger partial charge in [-0.2, -0.15) is 0 Å². The SMILES string of the molecule is COc1cc(C(=O)N(C)CC(=O)Nc2c(C)cccc2C)cc(Cl)c1OC(C)C. The summed E-state index contributed by atoms with van der Waals surface area (Å²) in [7, 11) is 3.04. The molecule has 0 saturated carbocycles. The zero-order valence-electron chi connectivity index (χ0n) is 17.6. The number of para-hydroxylation sites is 1. The fourth-order valence-electron chi connectivity index (χ4n) is 2.89. The summed E-state index contributed by atoms with van der Waals surface area (Å²) in [6, 6.07) is 8.86. The quantitative estimate of drug-likeness (QED) is 0.720. The molecule has 1 N–H and O–H groups in total. The summed E-state index contributed by atoms with van der Waals surface area (Å²) in [6.45, 7) is 7.49. The zero-order valence-corrected chi connectivity index (χ0v) is 18.4. The third-order valence-electron chi connectivity index (χ3n) is 4.30. The van der Waals surface area contributed by atoms with Crippen LogP contribution >= 0.6 is 11.6 Å². The van der Waals surface area contributed by atoms with E-state index in [1.807, 2.05) is 45.9 Å². The zero-order chi connectivity index (χ0) is 21.7. The lowest BCUT2D eigenvalue weighted by molar-refractivity contribution is -0.116. The van der Waals surface area contributed by atoms with E-state index in [2.05, 4.69) is 5.32 Å². The molecular formula is C22H27ClN2O4. The highest BCUT2D eigenvalue weighted by atomic mass is 35.5. The number of likely N-dealkylation sites (N-methyl/N-ethyl adjacent to an activating group) is 1. The molecule has 2 rings (SSSR count). The van der Waals surface area contributed by atoms with Crippen molar-refractivity contribution in [3.8, 4) is 11.5 Å². The van der Waals surface area contributed by atoms with Crippen LogP contribution in [0.4, 0.5) is 5.69 Å². The molecule has 2 aromatic carbocycles. The molecule has 0 heterocycles. The Kier molecular flexibility index (Phi) is 7.51. The van der Waals surface area contributed by atoms with Crippen molar-refractivity contribution in [3.63, 3.8) is 0 Å². The number of nitrogens with one attached hydrogen (secondary N) is 1. The number of ether oxygens (including phenoxy) is 2. The average Bonchev–Trinajstić information content (AvgIpc) is 2.65. The number of benzene rings is 2. The molecule has 0 spiro atoms. The molecule has 29 heavy (non-hydrogen) atoms. The van der Waals surface area contributed by atoms with Gasteiger partial charge in [0.15, 0.2) is 11.5 Å². The standard InChI is InChI=1S/C22H27ClN2O4/c1-13(2)29-21-17(23)10-16(11-18(21)28-6)22(27)25(5)12-19(26)24-20-14(3)8-7-9-15(20)4/h7-11,13H,12H2,1-6H3,(H,24,26). The number of nitrogens with zero attached hydrogens (tertiary/aromatic N) is 1. The predicted octanol–water partition coefficient (Wildman–Crippen LogP) is 4.46. The van der Waals surface area contributed by atoms with Crippen LogP contribution in [0.3, 0.4) is 0 Å². The van der Waals surface area contributed by atoms with Crippen LogP contribution in [0.15, 0.2) is 30.3 Å². The molecular weight excluding hydrogens is 392 g/mol. The van der Waals surface area contributed by atoms with Crippen LogP contribution in [-0.4, -0.2) is 43.5 Å². The highest BCUT2D eigenvalue weighted by molar-refractivity contribution is 6.32. The predicted molar refractivity (Wildman–Crippen MR) is 115 cm³/mol. The summed E-state index contributed by atoms with van der Waals surface area (Å²) in [5.74, 6) is 0.119. The molecule has 0 aliphatic carbocycles. The van der Waals surface area contributed by atoms with Gasteiger partial charge in [0.1, 0.15) is 0 Å². The van der Waals surface area contributed by atoms with Crippen molar-refractivity contribution in [1.82, 2.24) is 4.90 Å². The molecule has 0 atom stereocenters. The van der Waals surface area contributed by atoms with Gasteiger partial charge in [-0.1, -0.05) is 29.8 Å². The molecule has 7 heteroatoms. The minimum atomic E-state index is -0.349. The maximum Gasteiger partial charge on any atom is 0.254 e.